The number of para-hydroxylation sites is 1. The molecule has 1 aliphatic heterocycles. The van der Waals surface area contributed by atoms with E-state index in [1.807, 2.05) is 24.3 Å². The van der Waals surface area contributed by atoms with Crippen molar-refractivity contribution >= 4 is 0 Å². The zero-order valence-corrected chi connectivity index (χ0v) is 6.66. The predicted octanol–water partition coefficient (Wildman–Crippen LogP) is 1.67. The van der Waals surface area contributed by atoms with Gasteiger partial charge in [0.25, 0.3) is 0 Å². The molecule has 0 aliphatic carbocycles. The molecular formula is C10H10O2. The number of aliphatic hydroxyl groups is 1. The van der Waals surface area contributed by atoms with E-state index in [1.165, 1.54) is 0 Å². The molecule has 2 heteroatoms. The van der Waals surface area contributed by atoms with Gasteiger partial charge in [0.2, 0.25) is 0 Å². The van der Waals surface area contributed by atoms with Crippen LogP contribution >= 0.6 is 0 Å². The number of hydrogen-bond donors (Lipinski definition) is 1. The van der Waals surface area contributed by atoms with Crippen LogP contribution in [0.4, 0.5) is 0 Å². The van der Waals surface area contributed by atoms with Crippen molar-refractivity contribution in [2.75, 3.05) is 6.61 Å². The molecule has 0 saturated carbocycles. The fraction of sp³-hybridized carbons (Fsp3) is 0.200. The van der Waals surface area contributed by atoms with Crippen molar-refractivity contribution in [1.29, 1.82) is 0 Å². The maximum atomic E-state index is 9.65. The van der Waals surface area contributed by atoms with Gasteiger partial charge in [0.05, 0.1) is 0 Å². The minimum Gasteiger partial charge on any atom is -0.489 e. The summed E-state index contributed by atoms with van der Waals surface area (Å²) in [5.41, 5.74) is 1.53. The zero-order chi connectivity index (χ0) is 8.55. The average Bonchev–Trinajstić information content (AvgIpc) is 2.12. The van der Waals surface area contributed by atoms with Gasteiger partial charge >= 0.3 is 0 Å². The molecule has 0 aromatic heterocycles. The molecule has 1 N–H and O–H groups in total. The van der Waals surface area contributed by atoms with E-state index in [4.69, 9.17) is 4.74 Å². The molecule has 0 radical (unpaired) electrons. The van der Waals surface area contributed by atoms with E-state index in [-0.39, 0.29) is 0 Å². The lowest BCUT2D eigenvalue weighted by Gasteiger charge is -2.23. The first-order valence-electron chi connectivity index (χ1n) is 3.86. The monoisotopic (exact) mass is 162 g/mol. The highest BCUT2D eigenvalue weighted by atomic mass is 16.5. The quantitative estimate of drug-likeness (QED) is 0.588. The molecule has 1 unspecified atom stereocenters. The molecule has 0 spiro atoms. The Hall–Kier alpha value is -1.28. The normalized spacial score (nSPS) is 21.4. The summed E-state index contributed by atoms with van der Waals surface area (Å²) in [5.74, 6) is 0.761. The van der Waals surface area contributed by atoms with Crippen molar-refractivity contribution in [3.8, 4) is 5.75 Å². The summed E-state index contributed by atoms with van der Waals surface area (Å²) in [5, 5.41) is 9.65. The van der Waals surface area contributed by atoms with Crippen LogP contribution in [-0.2, 0) is 0 Å². The van der Waals surface area contributed by atoms with Crippen LogP contribution in [0.2, 0.25) is 0 Å². The van der Waals surface area contributed by atoms with Crippen LogP contribution in [-0.4, -0.2) is 11.7 Å². The van der Waals surface area contributed by atoms with Gasteiger partial charge in [0.15, 0.2) is 0 Å². The van der Waals surface area contributed by atoms with Crippen LogP contribution in [0.25, 0.3) is 0 Å². The van der Waals surface area contributed by atoms with Crippen molar-refractivity contribution < 1.29 is 9.84 Å². The van der Waals surface area contributed by atoms with Crippen LogP contribution < -0.4 is 4.74 Å². The fourth-order valence-electron chi connectivity index (χ4n) is 1.31. The van der Waals surface area contributed by atoms with Gasteiger partial charge in [-0.05, 0) is 11.6 Å². The third-order valence-corrected chi connectivity index (χ3v) is 2.01. The van der Waals surface area contributed by atoms with Crippen molar-refractivity contribution in [3.63, 3.8) is 0 Å². The number of fused-ring (bicyclic) bond motifs is 1. The minimum absolute atomic E-state index is 0.415. The number of hydrogen-bond acceptors (Lipinski definition) is 2. The molecule has 62 valence electrons. The number of ether oxygens (including phenoxy) is 1. The molecule has 1 aliphatic rings. The van der Waals surface area contributed by atoms with Gasteiger partial charge in [0.1, 0.15) is 18.5 Å². The third-order valence-electron chi connectivity index (χ3n) is 2.01. The molecule has 0 amide bonds. The number of aliphatic hydroxyl groups excluding tert-OH is 1. The molecule has 1 heterocycles. The van der Waals surface area contributed by atoms with Gasteiger partial charge in [0, 0.05) is 5.56 Å². The zero-order valence-electron chi connectivity index (χ0n) is 6.66. The smallest absolute Gasteiger partial charge is 0.125 e. The first-order valence-corrected chi connectivity index (χ1v) is 3.86. The van der Waals surface area contributed by atoms with E-state index in [0.29, 0.717) is 12.2 Å². The van der Waals surface area contributed by atoms with Gasteiger partial charge in [-0.15, -0.1) is 0 Å². The standard InChI is InChI=1S/C10H10O2/c1-7-6-12-9-5-3-2-4-8(9)10(7)11/h2-5,10-11H,1,6H2. The topological polar surface area (TPSA) is 29.5 Å². The molecule has 1 atom stereocenters. The van der Waals surface area contributed by atoms with E-state index in [2.05, 4.69) is 6.58 Å². The van der Waals surface area contributed by atoms with E-state index in [0.717, 1.165) is 11.3 Å². The molecule has 0 fully saturated rings. The van der Waals surface area contributed by atoms with Gasteiger partial charge < -0.3 is 9.84 Å². The minimum atomic E-state index is -0.560. The van der Waals surface area contributed by atoms with Crippen LogP contribution in [0.15, 0.2) is 36.4 Å². The Labute approximate surface area is 71.1 Å². The summed E-state index contributed by atoms with van der Waals surface area (Å²) in [6.45, 7) is 4.13. The average molecular weight is 162 g/mol. The van der Waals surface area contributed by atoms with E-state index >= 15 is 0 Å². The molecule has 1 aromatic carbocycles. The maximum Gasteiger partial charge on any atom is 0.125 e. The van der Waals surface area contributed by atoms with Crippen LogP contribution in [0.1, 0.15) is 11.7 Å². The van der Waals surface area contributed by atoms with Crippen LogP contribution in [0, 0.1) is 0 Å². The van der Waals surface area contributed by atoms with Gasteiger partial charge in [-0.3, -0.25) is 0 Å². The van der Waals surface area contributed by atoms with Crippen molar-refractivity contribution in [2.24, 2.45) is 0 Å². The molecule has 2 nitrogen and oxygen atoms in total. The highest BCUT2D eigenvalue weighted by molar-refractivity contribution is 5.41. The first kappa shape index (κ1) is 7.37. The summed E-state index contributed by atoms with van der Waals surface area (Å²) in [7, 11) is 0. The second-order valence-electron chi connectivity index (χ2n) is 2.89. The van der Waals surface area contributed by atoms with Gasteiger partial charge in [-0.25, -0.2) is 0 Å². The van der Waals surface area contributed by atoms with E-state index in [1.54, 1.807) is 0 Å². The third kappa shape index (κ3) is 1.01. The van der Waals surface area contributed by atoms with Crippen LogP contribution in [0.3, 0.4) is 0 Å². The Balaban J connectivity index is 2.48. The summed E-state index contributed by atoms with van der Waals surface area (Å²) < 4.78 is 5.35. The van der Waals surface area contributed by atoms with Crippen molar-refractivity contribution in [3.05, 3.63) is 42.0 Å². The summed E-state index contributed by atoms with van der Waals surface area (Å²) >= 11 is 0. The Morgan fingerprint density at radius 2 is 2.17 bits per heavy atom. The lowest BCUT2D eigenvalue weighted by Crippen LogP contribution is -2.16. The Kier molecular flexibility index (Phi) is 1.62. The van der Waals surface area contributed by atoms with E-state index in [9.17, 15) is 5.11 Å². The number of benzene rings is 1. The molecule has 0 bridgehead atoms. The highest BCUT2D eigenvalue weighted by Crippen LogP contribution is 2.33. The second kappa shape index (κ2) is 2.64. The largest absolute Gasteiger partial charge is 0.489 e. The molecule has 0 saturated heterocycles. The SMILES string of the molecule is C=C1COc2ccccc2C1O. The highest BCUT2D eigenvalue weighted by Gasteiger charge is 2.21. The molecule has 12 heavy (non-hydrogen) atoms. The van der Waals surface area contributed by atoms with Crippen LogP contribution in [0.5, 0.6) is 5.75 Å². The Morgan fingerprint density at radius 1 is 1.42 bits per heavy atom. The number of rotatable bonds is 0. The molecule has 1 aromatic rings. The van der Waals surface area contributed by atoms with E-state index < -0.39 is 6.10 Å². The maximum absolute atomic E-state index is 9.65. The van der Waals surface area contributed by atoms with Crippen molar-refractivity contribution in [2.45, 2.75) is 6.10 Å². The summed E-state index contributed by atoms with van der Waals surface area (Å²) in [4.78, 5) is 0. The lowest BCUT2D eigenvalue weighted by molar-refractivity contribution is 0.171. The van der Waals surface area contributed by atoms with Crippen molar-refractivity contribution in [1.82, 2.24) is 0 Å². The molecule has 2 rings (SSSR count). The van der Waals surface area contributed by atoms with Gasteiger partial charge in [-0.1, -0.05) is 24.8 Å². The summed E-state index contributed by atoms with van der Waals surface area (Å²) in [6.07, 6.45) is -0.560. The summed E-state index contributed by atoms with van der Waals surface area (Å²) in [6, 6.07) is 7.47. The Morgan fingerprint density at radius 3 is 3.00 bits per heavy atom. The second-order valence-corrected chi connectivity index (χ2v) is 2.89. The lowest BCUT2D eigenvalue weighted by atomic mass is 10.0. The predicted molar refractivity (Wildman–Crippen MR) is 46.0 cm³/mol. The molecular weight excluding hydrogens is 152 g/mol. The first-order chi connectivity index (χ1) is 5.79. The van der Waals surface area contributed by atoms with Gasteiger partial charge in [-0.2, -0.15) is 0 Å². The Bertz CT molecular complexity index is 317. The fourth-order valence-corrected chi connectivity index (χ4v) is 1.31.